The molecule has 0 fully saturated rings. The number of halogens is 1. The molecule has 1 aromatic rings. The molecule has 1 aromatic carbocycles. The molecule has 0 bridgehead atoms. The van der Waals surface area contributed by atoms with E-state index in [1.807, 2.05) is 7.05 Å². The molecule has 0 saturated carbocycles. The van der Waals surface area contributed by atoms with Crippen LogP contribution in [0.3, 0.4) is 0 Å². The summed E-state index contributed by atoms with van der Waals surface area (Å²) in [4.78, 5) is 0. The lowest BCUT2D eigenvalue weighted by Crippen LogP contribution is -2.24. The largest absolute Gasteiger partial charge is 0.493 e. The molecular weight excluding hydrogens is 329 g/mol. The molecule has 0 aromatic heterocycles. The van der Waals surface area contributed by atoms with Crippen molar-refractivity contribution >= 4 is 22.6 Å². The normalized spacial score (nSPS) is 12.4. The van der Waals surface area contributed by atoms with Crippen LogP contribution in [0.5, 0.6) is 11.5 Å². The lowest BCUT2D eigenvalue weighted by atomic mass is 10.0. The highest BCUT2D eigenvalue weighted by Crippen LogP contribution is 2.38. The van der Waals surface area contributed by atoms with Crippen molar-refractivity contribution in [3.8, 4) is 11.5 Å². The number of aryl methyl sites for hydroxylation is 1. The summed E-state index contributed by atoms with van der Waals surface area (Å²) >= 11 is 2.29. The van der Waals surface area contributed by atoms with E-state index in [2.05, 4.69) is 47.8 Å². The van der Waals surface area contributed by atoms with Crippen molar-refractivity contribution in [3.63, 3.8) is 0 Å². The molecule has 0 aliphatic carbocycles. The Hall–Kier alpha value is -0.490. The van der Waals surface area contributed by atoms with Gasteiger partial charge in [0.15, 0.2) is 11.5 Å². The van der Waals surface area contributed by atoms with E-state index in [4.69, 9.17) is 9.47 Å². The molecule has 1 rings (SSSR count). The van der Waals surface area contributed by atoms with E-state index < -0.39 is 0 Å². The SMILES string of the molecule is CNC(C)Cc1cc(C)c(I)c(OC)c1OC. The quantitative estimate of drug-likeness (QED) is 0.830. The third-order valence-electron chi connectivity index (χ3n) is 2.86. The Morgan fingerprint density at radius 1 is 1.29 bits per heavy atom. The maximum absolute atomic E-state index is 5.49. The van der Waals surface area contributed by atoms with E-state index in [9.17, 15) is 0 Å². The Morgan fingerprint density at radius 3 is 2.35 bits per heavy atom. The minimum Gasteiger partial charge on any atom is -0.493 e. The van der Waals surface area contributed by atoms with Crippen molar-refractivity contribution in [1.29, 1.82) is 0 Å². The zero-order valence-corrected chi connectivity index (χ0v) is 13.2. The second-order valence-electron chi connectivity index (χ2n) is 4.13. The molecule has 0 aliphatic rings. The summed E-state index contributed by atoms with van der Waals surface area (Å²) in [5.74, 6) is 1.69. The average Bonchev–Trinajstić information content (AvgIpc) is 2.32. The molecule has 1 N–H and O–H groups in total. The van der Waals surface area contributed by atoms with Crippen LogP contribution in [0.25, 0.3) is 0 Å². The number of methoxy groups -OCH3 is 2. The monoisotopic (exact) mass is 349 g/mol. The summed E-state index contributed by atoms with van der Waals surface area (Å²) in [5, 5.41) is 3.24. The fourth-order valence-corrected chi connectivity index (χ4v) is 2.43. The van der Waals surface area contributed by atoms with Gasteiger partial charge >= 0.3 is 0 Å². The Balaban J connectivity index is 3.24. The van der Waals surface area contributed by atoms with Gasteiger partial charge in [-0.05, 0) is 61.0 Å². The van der Waals surface area contributed by atoms with Crippen LogP contribution in [-0.4, -0.2) is 27.3 Å². The molecule has 0 aliphatic heterocycles. The highest BCUT2D eigenvalue weighted by Gasteiger charge is 2.17. The highest BCUT2D eigenvalue weighted by atomic mass is 127. The van der Waals surface area contributed by atoms with Gasteiger partial charge in [0.2, 0.25) is 0 Å². The maximum atomic E-state index is 5.49. The van der Waals surface area contributed by atoms with Crippen LogP contribution in [0.2, 0.25) is 0 Å². The van der Waals surface area contributed by atoms with Crippen molar-refractivity contribution in [2.45, 2.75) is 26.3 Å². The first-order chi connectivity index (χ1) is 8.04. The van der Waals surface area contributed by atoms with E-state index in [0.717, 1.165) is 21.5 Å². The number of benzene rings is 1. The summed E-state index contributed by atoms with van der Waals surface area (Å²) < 4.78 is 12.1. The molecule has 17 heavy (non-hydrogen) atoms. The van der Waals surface area contributed by atoms with Crippen LogP contribution in [0.15, 0.2) is 6.07 Å². The van der Waals surface area contributed by atoms with Crippen LogP contribution in [0.4, 0.5) is 0 Å². The van der Waals surface area contributed by atoms with Gasteiger partial charge in [0, 0.05) is 6.04 Å². The van der Waals surface area contributed by atoms with Crippen LogP contribution < -0.4 is 14.8 Å². The topological polar surface area (TPSA) is 30.5 Å². The van der Waals surface area contributed by atoms with E-state index >= 15 is 0 Å². The van der Waals surface area contributed by atoms with Crippen molar-refractivity contribution < 1.29 is 9.47 Å². The summed E-state index contributed by atoms with van der Waals surface area (Å²) in [6.45, 7) is 4.25. The molecule has 1 unspecified atom stereocenters. The van der Waals surface area contributed by atoms with Gasteiger partial charge in [-0.1, -0.05) is 6.07 Å². The lowest BCUT2D eigenvalue weighted by Gasteiger charge is -2.18. The predicted octanol–water partition coefficient (Wildman–Crippen LogP) is 2.77. The first-order valence-corrected chi connectivity index (χ1v) is 6.70. The van der Waals surface area contributed by atoms with Crippen LogP contribution in [0.1, 0.15) is 18.1 Å². The predicted molar refractivity (Wildman–Crippen MR) is 79.2 cm³/mol. The molecule has 3 nitrogen and oxygen atoms in total. The minimum atomic E-state index is 0.410. The van der Waals surface area contributed by atoms with Crippen LogP contribution >= 0.6 is 22.6 Å². The van der Waals surface area contributed by atoms with Gasteiger partial charge in [-0.15, -0.1) is 0 Å². The van der Waals surface area contributed by atoms with E-state index in [-0.39, 0.29) is 0 Å². The van der Waals surface area contributed by atoms with Crippen molar-refractivity contribution in [1.82, 2.24) is 5.32 Å². The molecule has 0 radical (unpaired) electrons. The van der Waals surface area contributed by atoms with E-state index in [1.165, 1.54) is 11.1 Å². The molecule has 1 atom stereocenters. The number of hydrogen-bond donors (Lipinski definition) is 1. The second kappa shape index (κ2) is 6.44. The fourth-order valence-electron chi connectivity index (χ4n) is 1.80. The molecule has 4 heteroatoms. The summed E-state index contributed by atoms with van der Waals surface area (Å²) in [6.07, 6.45) is 0.924. The molecular formula is C13H20INO2. The number of nitrogens with one attached hydrogen (secondary N) is 1. The lowest BCUT2D eigenvalue weighted by molar-refractivity contribution is 0.348. The highest BCUT2D eigenvalue weighted by molar-refractivity contribution is 14.1. The summed E-state index contributed by atoms with van der Waals surface area (Å²) in [7, 11) is 5.34. The van der Waals surface area contributed by atoms with E-state index in [1.54, 1.807) is 14.2 Å². The zero-order valence-electron chi connectivity index (χ0n) is 11.1. The number of likely N-dealkylation sites (N-methyl/N-ethyl adjacent to an activating group) is 1. The van der Waals surface area contributed by atoms with Gasteiger partial charge in [-0.25, -0.2) is 0 Å². The van der Waals surface area contributed by atoms with Crippen molar-refractivity contribution in [2.24, 2.45) is 0 Å². The Kier molecular flexibility index (Phi) is 5.52. The smallest absolute Gasteiger partial charge is 0.174 e. The van der Waals surface area contributed by atoms with Crippen molar-refractivity contribution in [3.05, 3.63) is 20.8 Å². The number of hydrogen-bond acceptors (Lipinski definition) is 3. The van der Waals surface area contributed by atoms with Crippen LogP contribution in [0, 0.1) is 10.5 Å². The van der Waals surface area contributed by atoms with Crippen LogP contribution in [-0.2, 0) is 6.42 Å². The molecule has 96 valence electrons. The van der Waals surface area contributed by atoms with Gasteiger partial charge in [-0.3, -0.25) is 0 Å². The van der Waals surface area contributed by atoms with Gasteiger partial charge in [-0.2, -0.15) is 0 Å². The van der Waals surface area contributed by atoms with E-state index in [0.29, 0.717) is 6.04 Å². The Bertz CT molecular complexity index is 393. The first kappa shape index (κ1) is 14.6. The molecule has 0 spiro atoms. The zero-order chi connectivity index (χ0) is 13.0. The summed E-state index contributed by atoms with van der Waals surface area (Å²) in [5.41, 5.74) is 2.41. The standard InChI is InChI=1S/C13H20INO2/c1-8-6-10(7-9(2)15-3)12(16-4)13(17-5)11(8)14/h6,9,15H,7H2,1-5H3. The number of rotatable bonds is 5. The average molecular weight is 349 g/mol. The van der Waals surface area contributed by atoms with Gasteiger partial charge in [0.1, 0.15) is 0 Å². The number of ether oxygens (including phenoxy) is 2. The Morgan fingerprint density at radius 2 is 1.88 bits per heavy atom. The third-order valence-corrected chi connectivity index (χ3v) is 4.20. The Labute approximate surface area is 117 Å². The minimum absolute atomic E-state index is 0.410. The first-order valence-electron chi connectivity index (χ1n) is 5.62. The maximum Gasteiger partial charge on any atom is 0.174 e. The molecule has 0 saturated heterocycles. The third kappa shape index (κ3) is 3.25. The fraction of sp³-hybridized carbons (Fsp3) is 0.538. The summed E-state index contributed by atoms with van der Waals surface area (Å²) in [6, 6.07) is 2.59. The van der Waals surface area contributed by atoms with Gasteiger partial charge in [0.25, 0.3) is 0 Å². The van der Waals surface area contributed by atoms with Gasteiger partial charge < -0.3 is 14.8 Å². The van der Waals surface area contributed by atoms with Gasteiger partial charge in [0.05, 0.1) is 17.8 Å². The molecule has 0 amide bonds. The molecule has 0 heterocycles. The second-order valence-corrected chi connectivity index (χ2v) is 5.21. The van der Waals surface area contributed by atoms with Crippen molar-refractivity contribution in [2.75, 3.05) is 21.3 Å².